The van der Waals surface area contributed by atoms with E-state index in [-0.39, 0.29) is 20.7 Å². The molecule has 1 unspecified atom stereocenters. The van der Waals surface area contributed by atoms with Crippen LogP contribution in [0.2, 0.25) is 0 Å². The van der Waals surface area contributed by atoms with Crippen LogP contribution in [0, 0.1) is 0 Å². The molecule has 0 aromatic heterocycles. The summed E-state index contributed by atoms with van der Waals surface area (Å²) in [6.45, 7) is 0.611. The summed E-state index contributed by atoms with van der Waals surface area (Å²) < 4.78 is 73.0. The summed E-state index contributed by atoms with van der Waals surface area (Å²) in [7, 11) is -10.2. The fraction of sp³-hybridized carbons (Fsp3) is 0.241. The van der Waals surface area contributed by atoms with Crippen molar-refractivity contribution in [2.24, 2.45) is 0 Å². The van der Waals surface area contributed by atoms with Crippen LogP contribution in [-0.4, -0.2) is 56.6 Å². The predicted molar refractivity (Wildman–Crippen MR) is 155 cm³/mol. The lowest BCUT2D eigenvalue weighted by molar-refractivity contribution is 0.542. The maximum Gasteiger partial charge on any atom is 0.175 e. The van der Waals surface area contributed by atoms with Crippen LogP contribution < -0.4 is 5.32 Å². The van der Waals surface area contributed by atoms with Crippen molar-refractivity contribution in [1.29, 1.82) is 0 Å². The van der Waals surface area contributed by atoms with Gasteiger partial charge < -0.3 is 5.32 Å². The van der Waals surface area contributed by atoms with Crippen molar-refractivity contribution in [3.63, 3.8) is 0 Å². The van der Waals surface area contributed by atoms with Gasteiger partial charge in [0.15, 0.2) is 29.5 Å². The van der Waals surface area contributed by atoms with Crippen molar-refractivity contribution in [1.82, 2.24) is 5.32 Å². The Morgan fingerprint density at radius 1 is 0.744 bits per heavy atom. The summed E-state index contributed by atoms with van der Waals surface area (Å²) in [4.78, 5) is 0.628. The van der Waals surface area contributed by atoms with Gasteiger partial charge in [-0.25, -0.2) is 25.3 Å². The van der Waals surface area contributed by atoms with Crippen molar-refractivity contribution >= 4 is 40.7 Å². The largest absolute Gasteiger partial charge is 0.310 e. The van der Waals surface area contributed by atoms with Crippen LogP contribution >= 0.6 is 0 Å². The minimum atomic E-state index is -3.45. The molecule has 0 amide bonds. The van der Waals surface area contributed by atoms with E-state index in [1.165, 1.54) is 18.4 Å². The number of hydrogen-bond donors (Lipinski definition) is 1. The lowest BCUT2D eigenvalue weighted by Crippen LogP contribution is -2.32. The average molecular weight is 586 g/mol. The van der Waals surface area contributed by atoms with E-state index in [4.69, 9.17) is 0 Å². The molecule has 1 aliphatic rings. The molecule has 4 rings (SSSR count). The van der Waals surface area contributed by atoms with Gasteiger partial charge in [-0.1, -0.05) is 48.6 Å². The molecule has 0 saturated carbocycles. The third-order valence-corrected chi connectivity index (χ3v) is 9.94. The molecule has 7 nitrogen and oxygen atoms in total. The van der Waals surface area contributed by atoms with E-state index in [2.05, 4.69) is 5.32 Å². The van der Waals surface area contributed by atoms with Gasteiger partial charge in [-0.3, -0.25) is 0 Å². The summed E-state index contributed by atoms with van der Waals surface area (Å²) in [6.07, 6.45) is 8.77. The molecule has 1 aliphatic heterocycles. The minimum absolute atomic E-state index is 0.0260. The van der Waals surface area contributed by atoms with Crippen LogP contribution in [0.25, 0.3) is 11.1 Å². The Morgan fingerprint density at radius 2 is 1.23 bits per heavy atom. The SMILES string of the molecule is CS(=O)(=O)c1cccc(C2=CCNC(CC=C(c3cccc(S(C)(=O)=O)c3)c3cccc(S(C)(=O)=O)c3)C2)c1. The zero-order chi connectivity index (χ0) is 28.4. The van der Waals surface area contributed by atoms with E-state index in [9.17, 15) is 25.3 Å². The number of sulfone groups is 3. The normalized spacial score (nSPS) is 16.4. The molecular formula is C29H31NO6S3. The summed E-state index contributed by atoms with van der Waals surface area (Å²) in [5.74, 6) is 0. The monoisotopic (exact) mass is 585 g/mol. The number of nitrogens with one attached hydrogen (secondary N) is 1. The Hall–Kier alpha value is -3.05. The summed E-state index contributed by atoms with van der Waals surface area (Å²) in [5.41, 5.74) is 3.95. The number of hydrogen-bond acceptors (Lipinski definition) is 7. The van der Waals surface area contributed by atoms with Gasteiger partial charge in [-0.2, -0.15) is 0 Å². The number of rotatable bonds is 8. The first-order chi connectivity index (χ1) is 18.2. The standard InChI is InChI=1S/C29H31NO6S3/c1-37(31,32)26-10-4-7-21(18-26)22-15-16-30-25(17-22)13-14-29(23-8-5-11-27(19-23)38(2,33)34)24-9-6-12-28(20-24)39(3,35)36/h4-12,14-15,18-20,25,30H,13,16-17H2,1-3H3. The first-order valence-electron chi connectivity index (χ1n) is 12.3. The molecule has 10 heteroatoms. The van der Waals surface area contributed by atoms with Gasteiger partial charge >= 0.3 is 0 Å². The third kappa shape index (κ3) is 7.33. The molecule has 1 heterocycles. The highest BCUT2D eigenvalue weighted by atomic mass is 32.2. The lowest BCUT2D eigenvalue weighted by atomic mass is 9.91. The van der Waals surface area contributed by atoms with Crippen LogP contribution in [0.4, 0.5) is 0 Å². The predicted octanol–water partition coefficient (Wildman–Crippen LogP) is 4.16. The zero-order valence-corrected chi connectivity index (χ0v) is 24.4. The molecule has 39 heavy (non-hydrogen) atoms. The topological polar surface area (TPSA) is 114 Å². The molecule has 0 radical (unpaired) electrons. The van der Waals surface area contributed by atoms with E-state index in [1.54, 1.807) is 42.5 Å². The Morgan fingerprint density at radius 3 is 1.74 bits per heavy atom. The van der Waals surface area contributed by atoms with E-state index < -0.39 is 29.5 Å². The molecule has 0 aliphatic carbocycles. The fourth-order valence-electron chi connectivity index (χ4n) is 4.55. The smallest absolute Gasteiger partial charge is 0.175 e. The lowest BCUT2D eigenvalue weighted by Gasteiger charge is -2.24. The van der Waals surface area contributed by atoms with Crippen LogP contribution in [-0.2, 0) is 29.5 Å². The van der Waals surface area contributed by atoms with Crippen molar-refractivity contribution < 1.29 is 25.3 Å². The summed E-state index contributed by atoms with van der Waals surface area (Å²) >= 11 is 0. The quantitative estimate of drug-likeness (QED) is 0.422. The molecule has 0 spiro atoms. The van der Waals surface area contributed by atoms with E-state index in [0.717, 1.165) is 29.2 Å². The second-order valence-corrected chi connectivity index (χ2v) is 15.8. The maximum atomic E-state index is 12.2. The summed E-state index contributed by atoms with van der Waals surface area (Å²) in [6, 6.07) is 20.2. The molecule has 0 bridgehead atoms. The molecular weight excluding hydrogens is 555 g/mol. The zero-order valence-electron chi connectivity index (χ0n) is 22.0. The van der Waals surface area contributed by atoms with Crippen LogP contribution in [0.1, 0.15) is 29.5 Å². The van der Waals surface area contributed by atoms with Crippen molar-refractivity contribution in [2.75, 3.05) is 25.3 Å². The highest BCUT2D eigenvalue weighted by Gasteiger charge is 2.19. The average Bonchev–Trinajstić information content (AvgIpc) is 2.88. The van der Waals surface area contributed by atoms with Gasteiger partial charge in [0.1, 0.15) is 0 Å². The molecule has 206 valence electrons. The van der Waals surface area contributed by atoms with Gasteiger partial charge in [0, 0.05) is 31.4 Å². The van der Waals surface area contributed by atoms with Gasteiger partial charge in [0.25, 0.3) is 0 Å². The highest BCUT2D eigenvalue weighted by molar-refractivity contribution is 7.91. The van der Waals surface area contributed by atoms with Crippen molar-refractivity contribution in [3.05, 3.63) is 102 Å². The molecule has 1 N–H and O–H groups in total. The van der Waals surface area contributed by atoms with Crippen LogP contribution in [0.5, 0.6) is 0 Å². The van der Waals surface area contributed by atoms with Crippen molar-refractivity contribution in [2.45, 2.75) is 33.6 Å². The molecule has 1 atom stereocenters. The summed E-state index contributed by atoms with van der Waals surface area (Å²) in [5, 5.41) is 3.46. The fourth-order valence-corrected chi connectivity index (χ4v) is 6.55. The Balaban J connectivity index is 1.69. The van der Waals surface area contributed by atoms with E-state index >= 15 is 0 Å². The van der Waals surface area contributed by atoms with E-state index in [0.29, 0.717) is 30.5 Å². The molecule has 3 aromatic rings. The Labute approximate surface area is 231 Å². The molecule has 0 saturated heterocycles. The van der Waals surface area contributed by atoms with Gasteiger partial charge in [0.05, 0.1) is 14.7 Å². The highest BCUT2D eigenvalue weighted by Crippen LogP contribution is 2.30. The van der Waals surface area contributed by atoms with Crippen LogP contribution in [0.3, 0.4) is 0 Å². The third-order valence-electron chi connectivity index (χ3n) is 6.61. The van der Waals surface area contributed by atoms with Crippen LogP contribution in [0.15, 0.2) is 99.6 Å². The number of benzene rings is 3. The van der Waals surface area contributed by atoms with Gasteiger partial charge in [0.2, 0.25) is 0 Å². The first-order valence-corrected chi connectivity index (χ1v) is 17.9. The van der Waals surface area contributed by atoms with Crippen molar-refractivity contribution in [3.8, 4) is 0 Å². The maximum absolute atomic E-state index is 12.2. The second kappa shape index (κ2) is 11.2. The van der Waals surface area contributed by atoms with Gasteiger partial charge in [-0.05, 0) is 77.1 Å². The second-order valence-electron chi connectivity index (χ2n) is 9.79. The van der Waals surface area contributed by atoms with E-state index in [1.807, 2.05) is 30.4 Å². The first kappa shape index (κ1) is 28.9. The molecule has 3 aromatic carbocycles. The van der Waals surface area contributed by atoms with Gasteiger partial charge in [-0.15, -0.1) is 0 Å². The minimum Gasteiger partial charge on any atom is -0.310 e. The Kier molecular flexibility index (Phi) is 8.32. The Bertz CT molecular complexity index is 1710. The molecule has 0 fully saturated rings.